The first-order valence-corrected chi connectivity index (χ1v) is 11.3. The first-order valence-electron chi connectivity index (χ1n) is 10.4. The highest BCUT2D eigenvalue weighted by atomic mass is 32.1. The van der Waals surface area contributed by atoms with Crippen molar-refractivity contribution in [1.29, 1.82) is 0 Å². The number of likely N-dealkylation sites (tertiary alicyclic amines) is 1. The number of aliphatic hydroxyl groups excluding tert-OH is 1. The number of piperazine rings is 1. The molecule has 29 heavy (non-hydrogen) atoms. The second-order valence-corrected chi connectivity index (χ2v) is 9.01. The van der Waals surface area contributed by atoms with E-state index in [4.69, 9.17) is 0 Å². The summed E-state index contributed by atoms with van der Waals surface area (Å²) in [6.07, 6.45) is 3.30. The zero-order chi connectivity index (χ0) is 19.8. The molecule has 4 heterocycles. The number of aromatic nitrogens is 1. The standard InChI is InChI=1S/C21H27N5O2S/c27-20(16-3-4-18-15(12-16)2-1-5-22-18)26-13-17(14-26)24-7-9-25(10-8-24)21(28)19-23-6-11-29-19/h3-4,6,11-12,17,21-22,28H,1-2,5,7-10,13-14H2. The maximum absolute atomic E-state index is 12.9. The number of hydrogen-bond acceptors (Lipinski definition) is 7. The highest BCUT2D eigenvalue weighted by Gasteiger charge is 2.37. The van der Waals surface area contributed by atoms with Gasteiger partial charge in [-0.05, 0) is 36.6 Å². The van der Waals surface area contributed by atoms with Crippen LogP contribution in [-0.2, 0) is 6.42 Å². The van der Waals surface area contributed by atoms with E-state index in [1.807, 2.05) is 22.4 Å². The Hall–Kier alpha value is -2.00. The van der Waals surface area contributed by atoms with E-state index in [0.29, 0.717) is 6.04 Å². The minimum Gasteiger partial charge on any atom is -0.385 e. The van der Waals surface area contributed by atoms with E-state index >= 15 is 0 Å². The summed E-state index contributed by atoms with van der Waals surface area (Å²) in [5, 5.41) is 16.5. The van der Waals surface area contributed by atoms with Gasteiger partial charge in [0.05, 0.1) is 0 Å². The largest absolute Gasteiger partial charge is 0.385 e. The summed E-state index contributed by atoms with van der Waals surface area (Å²) in [5.74, 6) is 0.146. The van der Waals surface area contributed by atoms with E-state index in [1.165, 1.54) is 22.6 Å². The van der Waals surface area contributed by atoms with Crippen LogP contribution in [-0.4, -0.2) is 82.6 Å². The lowest BCUT2D eigenvalue weighted by atomic mass is 9.98. The number of benzene rings is 1. The molecule has 3 aliphatic heterocycles. The highest BCUT2D eigenvalue weighted by Crippen LogP contribution is 2.26. The van der Waals surface area contributed by atoms with Gasteiger partial charge in [0, 0.05) is 74.7 Å². The Labute approximate surface area is 174 Å². The van der Waals surface area contributed by atoms with Gasteiger partial charge < -0.3 is 15.3 Å². The number of nitrogens with one attached hydrogen (secondary N) is 1. The molecule has 8 heteroatoms. The van der Waals surface area contributed by atoms with Gasteiger partial charge in [0.25, 0.3) is 5.91 Å². The number of aryl methyl sites for hydroxylation is 1. The van der Waals surface area contributed by atoms with Crippen molar-refractivity contribution in [3.8, 4) is 0 Å². The molecule has 1 aromatic heterocycles. The van der Waals surface area contributed by atoms with Crippen LogP contribution < -0.4 is 5.32 Å². The molecule has 7 nitrogen and oxygen atoms in total. The topological polar surface area (TPSA) is 71.9 Å². The number of fused-ring (bicyclic) bond motifs is 1. The lowest BCUT2D eigenvalue weighted by Gasteiger charge is -2.48. The van der Waals surface area contributed by atoms with Gasteiger partial charge in [-0.25, -0.2) is 4.98 Å². The molecule has 1 unspecified atom stereocenters. The van der Waals surface area contributed by atoms with Crippen molar-refractivity contribution in [3.05, 3.63) is 45.9 Å². The van der Waals surface area contributed by atoms with E-state index in [0.717, 1.165) is 69.2 Å². The number of aliphatic hydroxyl groups is 1. The lowest BCUT2D eigenvalue weighted by molar-refractivity contribution is -0.0499. The average Bonchev–Trinajstić information content (AvgIpc) is 3.27. The van der Waals surface area contributed by atoms with E-state index in [2.05, 4.69) is 26.2 Å². The molecule has 2 aromatic rings. The number of anilines is 1. The quantitative estimate of drug-likeness (QED) is 0.794. The third-order valence-corrected chi connectivity index (χ3v) is 7.14. The smallest absolute Gasteiger partial charge is 0.253 e. The fourth-order valence-electron chi connectivity index (χ4n) is 4.51. The molecule has 3 aliphatic rings. The number of thiazole rings is 1. The number of hydrogen-bond donors (Lipinski definition) is 2. The predicted octanol–water partition coefficient (Wildman–Crippen LogP) is 1.63. The molecule has 0 saturated carbocycles. The molecule has 0 aliphatic carbocycles. The van der Waals surface area contributed by atoms with Gasteiger partial charge in [-0.3, -0.25) is 14.6 Å². The maximum atomic E-state index is 12.9. The molecule has 0 spiro atoms. The van der Waals surface area contributed by atoms with Crippen molar-refractivity contribution in [2.45, 2.75) is 25.1 Å². The lowest BCUT2D eigenvalue weighted by Crippen LogP contribution is -2.64. The molecule has 154 valence electrons. The predicted molar refractivity (Wildman–Crippen MR) is 113 cm³/mol. The Morgan fingerprint density at radius 1 is 1.24 bits per heavy atom. The second-order valence-electron chi connectivity index (χ2n) is 8.08. The van der Waals surface area contributed by atoms with Crippen LogP contribution in [0.15, 0.2) is 29.8 Å². The van der Waals surface area contributed by atoms with Crippen molar-refractivity contribution in [2.75, 3.05) is 51.1 Å². The van der Waals surface area contributed by atoms with Gasteiger partial charge in [-0.2, -0.15) is 0 Å². The zero-order valence-electron chi connectivity index (χ0n) is 16.5. The van der Waals surface area contributed by atoms with Gasteiger partial charge in [0.15, 0.2) is 6.23 Å². The molecular formula is C21H27N5O2S. The van der Waals surface area contributed by atoms with Crippen LogP contribution in [0.4, 0.5) is 5.69 Å². The summed E-state index contributed by atoms with van der Waals surface area (Å²) in [4.78, 5) is 23.6. The van der Waals surface area contributed by atoms with Crippen LogP contribution in [0.2, 0.25) is 0 Å². The fourth-order valence-corrected chi connectivity index (χ4v) is 5.16. The van der Waals surface area contributed by atoms with Crippen LogP contribution in [0, 0.1) is 0 Å². The average molecular weight is 414 g/mol. The molecule has 0 bridgehead atoms. The minimum absolute atomic E-state index is 0.146. The van der Waals surface area contributed by atoms with Crippen molar-refractivity contribution in [3.63, 3.8) is 0 Å². The van der Waals surface area contributed by atoms with E-state index in [1.54, 1.807) is 6.20 Å². The van der Waals surface area contributed by atoms with Gasteiger partial charge in [-0.1, -0.05) is 0 Å². The zero-order valence-corrected chi connectivity index (χ0v) is 17.3. The molecule has 1 amide bonds. The molecule has 1 atom stereocenters. The summed E-state index contributed by atoms with van der Waals surface area (Å²) in [6, 6.07) is 6.49. The Morgan fingerprint density at radius 3 is 2.83 bits per heavy atom. The van der Waals surface area contributed by atoms with Crippen LogP contribution >= 0.6 is 11.3 Å². The number of amides is 1. The molecule has 0 radical (unpaired) electrons. The third kappa shape index (κ3) is 3.77. The maximum Gasteiger partial charge on any atom is 0.253 e. The Kier molecular flexibility index (Phi) is 5.26. The number of nitrogens with zero attached hydrogens (tertiary/aromatic N) is 4. The SMILES string of the molecule is O=C(c1ccc2c(c1)CCCN2)N1CC(N2CCN(C(O)c3nccs3)CC2)C1. The molecule has 2 saturated heterocycles. The molecule has 1 aromatic carbocycles. The second kappa shape index (κ2) is 8.02. The summed E-state index contributed by atoms with van der Waals surface area (Å²) < 4.78 is 0. The first-order chi connectivity index (χ1) is 14.2. The summed E-state index contributed by atoms with van der Waals surface area (Å²) in [6.45, 7) is 6.08. The molecule has 2 fully saturated rings. The first kappa shape index (κ1) is 19.0. The minimum atomic E-state index is -0.602. The third-order valence-electron chi connectivity index (χ3n) is 6.32. The van der Waals surface area contributed by atoms with Gasteiger partial charge in [0.1, 0.15) is 5.01 Å². The van der Waals surface area contributed by atoms with Crippen LogP contribution in [0.5, 0.6) is 0 Å². The van der Waals surface area contributed by atoms with E-state index in [-0.39, 0.29) is 5.91 Å². The van der Waals surface area contributed by atoms with Gasteiger partial charge in [0.2, 0.25) is 0 Å². The monoisotopic (exact) mass is 413 g/mol. The van der Waals surface area contributed by atoms with E-state index in [9.17, 15) is 9.90 Å². The highest BCUT2D eigenvalue weighted by molar-refractivity contribution is 7.09. The number of carbonyl (C=O) groups excluding carboxylic acids is 1. The normalized spacial score (nSPS) is 21.9. The van der Waals surface area contributed by atoms with E-state index < -0.39 is 6.23 Å². The van der Waals surface area contributed by atoms with Gasteiger partial charge >= 0.3 is 0 Å². The van der Waals surface area contributed by atoms with Crippen molar-refractivity contribution in [1.82, 2.24) is 19.7 Å². The summed E-state index contributed by atoms with van der Waals surface area (Å²) >= 11 is 1.49. The fraction of sp³-hybridized carbons (Fsp3) is 0.524. The van der Waals surface area contributed by atoms with Crippen molar-refractivity contribution < 1.29 is 9.90 Å². The van der Waals surface area contributed by atoms with Gasteiger partial charge in [-0.15, -0.1) is 11.3 Å². The summed E-state index contributed by atoms with van der Waals surface area (Å²) in [5.41, 5.74) is 3.24. The molecule has 2 N–H and O–H groups in total. The number of carbonyl (C=O) groups is 1. The summed E-state index contributed by atoms with van der Waals surface area (Å²) in [7, 11) is 0. The van der Waals surface area contributed by atoms with Crippen LogP contribution in [0.1, 0.15) is 33.6 Å². The van der Waals surface area contributed by atoms with Crippen molar-refractivity contribution in [2.24, 2.45) is 0 Å². The van der Waals surface area contributed by atoms with Crippen molar-refractivity contribution >= 4 is 22.9 Å². The Balaban J connectivity index is 1.12. The molecular weight excluding hydrogens is 386 g/mol. The Bertz CT molecular complexity index is 860. The molecule has 5 rings (SSSR count). The van der Waals surface area contributed by atoms with Crippen LogP contribution in [0.25, 0.3) is 0 Å². The van der Waals surface area contributed by atoms with Crippen LogP contribution in [0.3, 0.4) is 0 Å². The number of rotatable bonds is 4. The Morgan fingerprint density at radius 2 is 2.07 bits per heavy atom.